The Morgan fingerprint density at radius 1 is 1.35 bits per heavy atom. The van der Waals surface area contributed by atoms with Gasteiger partial charge in [0, 0.05) is 28.3 Å². The Balaban J connectivity index is 2.00. The molecule has 1 aromatic rings. The van der Waals surface area contributed by atoms with Crippen LogP contribution in [-0.2, 0) is 10.8 Å². The predicted molar refractivity (Wildman–Crippen MR) is 72.1 cm³/mol. The van der Waals surface area contributed by atoms with Crippen LogP contribution in [0.25, 0.3) is 0 Å². The Kier molecular flexibility index (Phi) is 4.42. The van der Waals surface area contributed by atoms with Gasteiger partial charge < -0.3 is 10.1 Å². The van der Waals surface area contributed by atoms with Crippen LogP contribution in [0.3, 0.4) is 0 Å². The maximum Gasteiger partial charge on any atom is 0.142 e. The smallest absolute Gasteiger partial charge is 0.142 e. The average Bonchev–Trinajstić information content (AvgIpc) is 2.35. The van der Waals surface area contributed by atoms with Crippen molar-refractivity contribution in [1.82, 2.24) is 0 Å². The van der Waals surface area contributed by atoms with E-state index >= 15 is 0 Å². The minimum atomic E-state index is -0.599. The van der Waals surface area contributed by atoms with Crippen LogP contribution in [0.4, 0.5) is 5.69 Å². The van der Waals surface area contributed by atoms with Crippen molar-refractivity contribution in [3.8, 4) is 5.75 Å². The summed E-state index contributed by atoms with van der Waals surface area (Å²) >= 11 is 0. The molecule has 0 bridgehead atoms. The van der Waals surface area contributed by atoms with Crippen LogP contribution in [0.5, 0.6) is 5.75 Å². The first-order valence-electron chi connectivity index (χ1n) is 6.13. The van der Waals surface area contributed by atoms with Gasteiger partial charge in [-0.3, -0.25) is 4.21 Å². The second-order valence-electron chi connectivity index (χ2n) is 4.20. The van der Waals surface area contributed by atoms with E-state index in [4.69, 9.17) is 4.74 Å². The third-order valence-corrected chi connectivity index (χ3v) is 4.32. The molecule has 0 saturated carbocycles. The molecule has 4 heteroatoms. The zero-order chi connectivity index (χ0) is 12.1. The van der Waals surface area contributed by atoms with Gasteiger partial charge in [0.15, 0.2) is 0 Å². The number of hydrogen-bond acceptors (Lipinski definition) is 3. The molecular weight excluding hydrogens is 234 g/mol. The van der Waals surface area contributed by atoms with E-state index in [1.807, 2.05) is 31.2 Å². The lowest BCUT2D eigenvalue weighted by Crippen LogP contribution is -2.29. The van der Waals surface area contributed by atoms with E-state index in [9.17, 15) is 4.21 Å². The van der Waals surface area contributed by atoms with E-state index in [2.05, 4.69) is 5.32 Å². The number of hydrogen-bond donors (Lipinski definition) is 1. The third kappa shape index (κ3) is 3.46. The highest BCUT2D eigenvalue weighted by Crippen LogP contribution is 2.26. The molecule has 1 aliphatic rings. The topological polar surface area (TPSA) is 38.3 Å². The van der Waals surface area contributed by atoms with Crippen molar-refractivity contribution in [2.24, 2.45) is 0 Å². The maximum absolute atomic E-state index is 11.3. The molecule has 3 nitrogen and oxygen atoms in total. The Bertz CT molecular complexity index is 385. The second-order valence-corrected chi connectivity index (χ2v) is 5.89. The summed E-state index contributed by atoms with van der Waals surface area (Å²) in [5.74, 6) is 2.53. The molecule has 1 aromatic carbocycles. The van der Waals surface area contributed by atoms with Gasteiger partial charge >= 0.3 is 0 Å². The van der Waals surface area contributed by atoms with Crippen LogP contribution in [0, 0.1) is 0 Å². The van der Waals surface area contributed by atoms with E-state index in [0.717, 1.165) is 35.8 Å². The number of rotatable bonds is 4. The fourth-order valence-electron chi connectivity index (χ4n) is 2.03. The van der Waals surface area contributed by atoms with E-state index < -0.39 is 10.8 Å². The SMILES string of the molecule is CCOc1ccccc1NC1CCS(=O)CC1. The maximum atomic E-state index is 11.3. The Hall–Kier alpha value is -1.03. The number of ether oxygens (including phenoxy) is 1. The van der Waals surface area contributed by atoms with Crippen molar-refractivity contribution in [2.45, 2.75) is 25.8 Å². The van der Waals surface area contributed by atoms with Crippen LogP contribution in [0.1, 0.15) is 19.8 Å². The number of para-hydroxylation sites is 2. The summed E-state index contributed by atoms with van der Waals surface area (Å²) < 4.78 is 16.9. The summed E-state index contributed by atoms with van der Waals surface area (Å²) in [6.45, 7) is 2.66. The molecule has 1 aliphatic heterocycles. The second kappa shape index (κ2) is 6.05. The molecule has 1 saturated heterocycles. The van der Waals surface area contributed by atoms with Gasteiger partial charge in [0.05, 0.1) is 12.3 Å². The van der Waals surface area contributed by atoms with Gasteiger partial charge in [0.25, 0.3) is 0 Å². The van der Waals surface area contributed by atoms with Crippen molar-refractivity contribution in [3.63, 3.8) is 0 Å². The van der Waals surface area contributed by atoms with Crippen LogP contribution >= 0.6 is 0 Å². The lowest BCUT2D eigenvalue weighted by Gasteiger charge is -2.24. The molecule has 94 valence electrons. The van der Waals surface area contributed by atoms with Crippen LogP contribution in [-0.4, -0.2) is 28.4 Å². The van der Waals surface area contributed by atoms with Crippen LogP contribution < -0.4 is 10.1 Å². The molecule has 17 heavy (non-hydrogen) atoms. The van der Waals surface area contributed by atoms with Crippen LogP contribution in [0.15, 0.2) is 24.3 Å². The highest BCUT2D eigenvalue weighted by atomic mass is 32.2. The molecule has 1 fully saturated rings. The fraction of sp³-hybridized carbons (Fsp3) is 0.538. The minimum Gasteiger partial charge on any atom is -0.492 e. The van der Waals surface area contributed by atoms with Gasteiger partial charge in [-0.05, 0) is 31.9 Å². The van der Waals surface area contributed by atoms with Crippen molar-refractivity contribution >= 4 is 16.5 Å². The third-order valence-electron chi connectivity index (χ3n) is 2.93. The van der Waals surface area contributed by atoms with Crippen molar-refractivity contribution < 1.29 is 8.95 Å². The number of anilines is 1. The quantitative estimate of drug-likeness (QED) is 0.895. The van der Waals surface area contributed by atoms with Crippen molar-refractivity contribution in [3.05, 3.63) is 24.3 Å². The zero-order valence-corrected chi connectivity index (χ0v) is 11.0. The number of benzene rings is 1. The molecule has 2 rings (SSSR count). The summed E-state index contributed by atoms with van der Waals surface area (Å²) in [5, 5.41) is 3.50. The molecule has 1 heterocycles. The van der Waals surface area contributed by atoms with Gasteiger partial charge in [0.1, 0.15) is 5.75 Å². The molecule has 0 unspecified atom stereocenters. The zero-order valence-electron chi connectivity index (χ0n) is 10.1. The largest absolute Gasteiger partial charge is 0.492 e. The Morgan fingerprint density at radius 3 is 2.76 bits per heavy atom. The molecule has 0 atom stereocenters. The average molecular weight is 253 g/mol. The van der Waals surface area contributed by atoms with E-state index in [1.54, 1.807) is 0 Å². The molecule has 0 aromatic heterocycles. The molecule has 0 radical (unpaired) electrons. The van der Waals surface area contributed by atoms with Crippen molar-refractivity contribution in [2.75, 3.05) is 23.4 Å². The first-order valence-corrected chi connectivity index (χ1v) is 7.61. The van der Waals surface area contributed by atoms with Gasteiger partial charge in [-0.15, -0.1) is 0 Å². The normalized spacial score (nSPS) is 24.3. The first kappa shape index (κ1) is 12.4. The molecule has 1 N–H and O–H groups in total. The highest BCUT2D eigenvalue weighted by molar-refractivity contribution is 7.85. The molecule has 0 aliphatic carbocycles. The summed E-state index contributed by atoms with van der Waals surface area (Å²) in [6, 6.07) is 8.43. The standard InChI is InChI=1S/C13H19NO2S/c1-2-16-13-6-4-3-5-12(13)14-11-7-9-17(15)10-8-11/h3-6,11,14H,2,7-10H2,1H3. The van der Waals surface area contributed by atoms with E-state index in [1.165, 1.54) is 0 Å². The molecular formula is C13H19NO2S. The lowest BCUT2D eigenvalue weighted by atomic mass is 10.1. The van der Waals surface area contributed by atoms with Gasteiger partial charge in [-0.1, -0.05) is 12.1 Å². The van der Waals surface area contributed by atoms with Gasteiger partial charge in [0.2, 0.25) is 0 Å². The van der Waals surface area contributed by atoms with Crippen LogP contribution in [0.2, 0.25) is 0 Å². The Labute approximate surface area is 105 Å². The Morgan fingerprint density at radius 2 is 2.06 bits per heavy atom. The van der Waals surface area contributed by atoms with Crippen molar-refractivity contribution in [1.29, 1.82) is 0 Å². The lowest BCUT2D eigenvalue weighted by molar-refractivity contribution is 0.341. The summed E-state index contributed by atoms with van der Waals surface area (Å²) in [5.41, 5.74) is 1.05. The first-order chi connectivity index (χ1) is 8.29. The van der Waals surface area contributed by atoms with E-state index in [-0.39, 0.29) is 0 Å². The predicted octanol–water partition coefficient (Wildman–Crippen LogP) is 2.41. The van der Waals surface area contributed by atoms with E-state index in [0.29, 0.717) is 12.6 Å². The molecule has 0 spiro atoms. The monoisotopic (exact) mass is 253 g/mol. The molecule has 0 amide bonds. The highest BCUT2D eigenvalue weighted by Gasteiger charge is 2.18. The minimum absolute atomic E-state index is 0.425. The summed E-state index contributed by atoms with van der Waals surface area (Å²) in [6.07, 6.45) is 1.96. The summed E-state index contributed by atoms with van der Waals surface area (Å²) in [4.78, 5) is 0. The van der Waals surface area contributed by atoms with Gasteiger partial charge in [-0.2, -0.15) is 0 Å². The van der Waals surface area contributed by atoms with Gasteiger partial charge in [-0.25, -0.2) is 0 Å². The number of nitrogens with one attached hydrogen (secondary N) is 1. The summed E-state index contributed by atoms with van der Waals surface area (Å²) in [7, 11) is -0.599. The fourth-order valence-corrected chi connectivity index (χ4v) is 3.32.